The Morgan fingerprint density at radius 1 is 1.05 bits per heavy atom. The van der Waals surface area contributed by atoms with E-state index in [0.717, 1.165) is 12.1 Å². The van der Waals surface area contributed by atoms with Crippen molar-refractivity contribution < 1.29 is 18.3 Å². The van der Waals surface area contributed by atoms with Gasteiger partial charge in [0.2, 0.25) is 0 Å². The molecule has 20 heavy (non-hydrogen) atoms. The molecular formula is C16H14F2O2. The SMILES string of the molecule is CCOc1ccccc1C(=O)Cc1c(F)cccc1F. The summed E-state index contributed by atoms with van der Waals surface area (Å²) in [7, 11) is 0. The molecule has 0 saturated carbocycles. The average molecular weight is 276 g/mol. The van der Waals surface area contributed by atoms with Crippen molar-refractivity contribution in [3.05, 3.63) is 65.2 Å². The van der Waals surface area contributed by atoms with Crippen molar-refractivity contribution in [3.8, 4) is 5.75 Å². The van der Waals surface area contributed by atoms with E-state index in [2.05, 4.69) is 0 Å². The van der Waals surface area contributed by atoms with E-state index in [4.69, 9.17) is 4.74 Å². The molecule has 2 aromatic rings. The topological polar surface area (TPSA) is 26.3 Å². The Morgan fingerprint density at radius 2 is 1.70 bits per heavy atom. The molecule has 0 radical (unpaired) electrons. The van der Waals surface area contributed by atoms with Crippen LogP contribution >= 0.6 is 0 Å². The predicted octanol–water partition coefficient (Wildman–Crippen LogP) is 3.79. The zero-order valence-corrected chi connectivity index (χ0v) is 11.0. The van der Waals surface area contributed by atoms with E-state index in [1.807, 2.05) is 0 Å². The molecule has 0 atom stereocenters. The Balaban J connectivity index is 2.29. The van der Waals surface area contributed by atoms with Gasteiger partial charge in [-0.2, -0.15) is 0 Å². The first-order valence-corrected chi connectivity index (χ1v) is 6.31. The number of hydrogen-bond donors (Lipinski definition) is 0. The summed E-state index contributed by atoms with van der Waals surface area (Å²) in [5.74, 6) is -1.38. The molecule has 2 rings (SSSR count). The highest BCUT2D eigenvalue weighted by Gasteiger charge is 2.17. The highest BCUT2D eigenvalue weighted by atomic mass is 19.1. The average Bonchev–Trinajstić information content (AvgIpc) is 2.44. The van der Waals surface area contributed by atoms with Gasteiger partial charge in [-0.3, -0.25) is 4.79 Å². The number of Topliss-reactive ketones (excluding diaryl/α,β-unsaturated/α-hetero) is 1. The Hall–Kier alpha value is -2.23. The fourth-order valence-corrected chi connectivity index (χ4v) is 1.94. The smallest absolute Gasteiger partial charge is 0.171 e. The Kier molecular flexibility index (Phi) is 4.45. The van der Waals surface area contributed by atoms with Gasteiger partial charge in [-0.1, -0.05) is 18.2 Å². The predicted molar refractivity (Wildman–Crippen MR) is 72.0 cm³/mol. The lowest BCUT2D eigenvalue weighted by atomic mass is 10.0. The van der Waals surface area contributed by atoms with Gasteiger partial charge in [0.05, 0.1) is 12.2 Å². The zero-order valence-electron chi connectivity index (χ0n) is 11.0. The summed E-state index contributed by atoms with van der Waals surface area (Å²) < 4.78 is 32.5. The quantitative estimate of drug-likeness (QED) is 0.777. The number of ketones is 1. The molecule has 0 N–H and O–H groups in total. The van der Waals surface area contributed by atoms with E-state index in [1.54, 1.807) is 31.2 Å². The summed E-state index contributed by atoms with van der Waals surface area (Å²) in [5, 5.41) is 0. The summed E-state index contributed by atoms with van der Waals surface area (Å²) in [6, 6.07) is 10.2. The number of rotatable bonds is 5. The largest absolute Gasteiger partial charge is 0.493 e. The van der Waals surface area contributed by atoms with Crippen LogP contribution in [0, 0.1) is 11.6 Å². The molecule has 0 aromatic heterocycles. The van der Waals surface area contributed by atoms with Crippen LogP contribution < -0.4 is 4.74 Å². The number of hydrogen-bond acceptors (Lipinski definition) is 2. The summed E-state index contributed by atoms with van der Waals surface area (Å²) in [4.78, 5) is 12.2. The highest BCUT2D eigenvalue weighted by molar-refractivity contribution is 6.00. The number of benzene rings is 2. The third-order valence-corrected chi connectivity index (χ3v) is 2.89. The van der Waals surface area contributed by atoms with Gasteiger partial charge in [0, 0.05) is 12.0 Å². The van der Waals surface area contributed by atoms with Crippen molar-refractivity contribution in [2.24, 2.45) is 0 Å². The van der Waals surface area contributed by atoms with Gasteiger partial charge in [0.15, 0.2) is 5.78 Å². The van der Waals surface area contributed by atoms with Crippen molar-refractivity contribution >= 4 is 5.78 Å². The lowest BCUT2D eigenvalue weighted by Gasteiger charge is -2.09. The number of carbonyl (C=O) groups is 1. The summed E-state index contributed by atoms with van der Waals surface area (Å²) in [6.07, 6.45) is -0.331. The van der Waals surface area contributed by atoms with Crippen molar-refractivity contribution in [2.75, 3.05) is 6.61 Å². The van der Waals surface area contributed by atoms with Gasteiger partial charge in [-0.15, -0.1) is 0 Å². The van der Waals surface area contributed by atoms with Crippen LogP contribution in [0.4, 0.5) is 8.78 Å². The lowest BCUT2D eigenvalue weighted by molar-refractivity contribution is 0.0987. The van der Waals surface area contributed by atoms with Crippen LogP contribution in [0.1, 0.15) is 22.8 Å². The van der Waals surface area contributed by atoms with Gasteiger partial charge < -0.3 is 4.74 Å². The molecule has 0 aliphatic carbocycles. The summed E-state index contributed by atoms with van der Waals surface area (Å²) >= 11 is 0. The maximum Gasteiger partial charge on any atom is 0.171 e. The molecule has 0 aliphatic heterocycles. The van der Waals surface area contributed by atoms with Crippen LogP contribution in [-0.2, 0) is 6.42 Å². The van der Waals surface area contributed by atoms with Crippen LogP contribution in [0.15, 0.2) is 42.5 Å². The van der Waals surface area contributed by atoms with Crippen LogP contribution in [-0.4, -0.2) is 12.4 Å². The Bertz CT molecular complexity index is 603. The van der Waals surface area contributed by atoms with Crippen molar-refractivity contribution in [2.45, 2.75) is 13.3 Å². The molecule has 0 aliphatic rings. The standard InChI is InChI=1S/C16H14F2O2/c1-2-20-16-9-4-3-6-11(16)15(19)10-12-13(17)7-5-8-14(12)18/h3-9H,2,10H2,1H3. The number of para-hydroxylation sites is 1. The first-order chi connectivity index (χ1) is 9.63. The molecule has 2 aromatic carbocycles. The number of ether oxygens (including phenoxy) is 1. The summed E-state index contributed by atoms with van der Waals surface area (Å²) in [5.41, 5.74) is 0.112. The van der Waals surface area contributed by atoms with E-state index < -0.39 is 11.6 Å². The fraction of sp³-hybridized carbons (Fsp3) is 0.188. The van der Waals surface area contributed by atoms with Crippen molar-refractivity contribution in [3.63, 3.8) is 0 Å². The molecule has 104 valence electrons. The minimum absolute atomic E-state index is 0.219. The minimum Gasteiger partial charge on any atom is -0.493 e. The van der Waals surface area contributed by atoms with E-state index in [9.17, 15) is 13.6 Å². The second-order valence-electron chi connectivity index (χ2n) is 4.23. The maximum atomic E-state index is 13.6. The number of halogens is 2. The van der Waals surface area contributed by atoms with Crippen LogP contribution in [0.3, 0.4) is 0 Å². The third-order valence-electron chi connectivity index (χ3n) is 2.89. The molecule has 0 heterocycles. The van der Waals surface area contributed by atoms with Gasteiger partial charge >= 0.3 is 0 Å². The molecular weight excluding hydrogens is 262 g/mol. The fourth-order valence-electron chi connectivity index (χ4n) is 1.94. The Labute approximate surface area is 116 Å². The number of carbonyl (C=O) groups excluding carboxylic acids is 1. The van der Waals surface area contributed by atoms with Crippen LogP contribution in [0.2, 0.25) is 0 Å². The second kappa shape index (κ2) is 6.28. The minimum atomic E-state index is -0.716. The van der Waals surface area contributed by atoms with Gasteiger partial charge in [0.25, 0.3) is 0 Å². The summed E-state index contributed by atoms with van der Waals surface area (Å²) in [6.45, 7) is 2.22. The lowest BCUT2D eigenvalue weighted by Crippen LogP contribution is -2.09. The maximum absolute atomic E-state index is 13.6. The van der Waals surface area contributed by atoms with Crippen molar-refractivity contribution in [1.29, 1.82) is 0 Å². The van der Waals surface area contributed by atoms with E-state index in [1.165, 1.54) is 6.07 Å². The van der Waals surface area contributed by atoms with Gasteiger partial charge in [-0.05, 0) is 31.2 Å². The highest BCUT2D eigenvalue weighted by Crippen LogP contribution is 2.22. The van der Waals surface area contributed by atoms with E-state index in [0.29, 0.717) is 17.9 Å². The molecule has 0 saturated heterocycles. The molecule has 0 bridgehead atoms. The Morgan fingerprint density at radius 3 is 2.35 bits per heavy atom. The zero-order chi connectivity index (χ0) is 14.5. The van der Waals surface area contributed by atoms with Gasteiger partial charge in [0.1, 0.15) is 17.4 Å². The molecule has 0 fully saturated rings. The molecule has 0 spiro atoms. The van der Waals surface area contributed by atoms with Crippen LogP contribution in [0.25, 0.3) is 0 Å². The molecule has 0 amide bonds. The second-order valence-corrected chi connectivity index (χ2v) is 4.23. The normalized spacial score (nSPS) is 10.3. The van der Waals surface area contributed by atoms with E-state index in [-0.39, 0.29) is 17.8 Å². The van der Waals surface area contributed by atoms with Crippen molar-refractivity contribution in [1.82, 2.24) is 0 Å². The van der Waals surface area contributed by atoms with Gasteiger partial charge in [-0.25, -0.2) is 8.78 Å². The molecule has 2 nitrogen and oxygen atoms in total. The van der Waals surface area contributed by atoms with Crippen LogP contribution in [0.5, 0.6) is 5.75 Å². The monoisotopic (exact) mass is 276 g/mol. The third kappa shape index (κ3) is 3.02. The first kappa shape index (κ1) is 14.2. The molecule has 4 heteroatoms. The first-order valence-electron chi connectivity index (χ1n) is 6.31. The molecule has 0 unspecified atom stereocenters. The van der Waals surface area contributed by atoms with E-state index >= 15 is 0 Å².